The van der Waals surface area contributed by atoms with Gasteiger partial charge in [0.2, 0.25) is 15.9 Å². The zero-order valence-electron chi connectivity index (χ0n) is 11.7. The lowest BCUT2D eigenvalue weighted by Gasteiger charge is -2.12. The number of hydrogen-bond acceptors (Lipinski definition) is 6. The molecular weight excluding hydrogens is 316 g/mol. The summed E-state index contributed by atoms with van der Waals surface area (Å²) in [7, 11) is -2.10. The summed E-state index contributed by atoms with van der Waals surface area (Å²) in [5.41, 5.74) is 0.668. The number of sulfonamides is 1. The van der Waals surface area contributed by atoms with Gasteiger partial charge in [0.1, 0.15) is 4.88 Å². The Labute approximate surface area is 126 Å². The molecule has 1 aliphatic heterocycles. The quantitative estimate of drug-likeness (QED) is 0.783. The second-order valence-corrected chi connectivity index (χ2v) is 7.81. The third-order valence-corrected chi connectivity index (χ3v) is 5.23. The number of carbonyl (C=O) groups excluding carboxylic acids is 2. The zero-order valence-corrected chi connectivity index (χ0v) is 13.3. The summed E-state index contributed by atoms with van der Waals surface area (Å²) >= 11 is 1.10. The average molecular weight is 332 g/mol. The number of aryl methyl sites for hydroxylation is 1. The minimum absolute atomic E-state index is 0.186. The molecule has 2 amide bonds. The maximum Gasteiger partial charge on any atom is 0.263 e. The van der Waals surface area contributed by atoms with Crippen molar-refractivity contribution in [2.24, 2.45) is 0 Å². The molecule has 1 aromatic heterocycles. The van der Waals surface area contributed by atoms with E-state index >= 15 is 0 Å². The van der Waals surface area contributed by atoms with Gasteiger partial charge in [-0.05, 0) is 12.8 Å². The van der Waals surface area contributed by atoms with E-state index in [4.69, 9.17) is 0 Å². The minimum atomic E-state index is -3.41. The lowest BCUT2D eigenvalue weighted by Crippen LogP contribution is -2.34. The topological polar surface area (TPSA) is 108 Å². The van der Waals surface area contributed by atoms with Gasteiger partial charge in [-0.1, -0.05) is 11.3 Å². The smallest absolute Gasteiger partial charge is 0.263 e. The highest BCUT2D eigenvalue weighted by Gasteiger charge is 2.22. The van der Waals surface area contributed by atoms with E-state index in [0.29, 0.717) is 28.7 Å². The maximum absolute atomic E-state index is 11.8. The van der Waals surface area contributed by atoms with Gasteiger partial charge >= 0.3 is 0 Å². The molecule has 2 N–H and O–H groups in total. The number of nitrogens with one attached hydrogen (secondary N) is 2. The minimum Gasteiger partial charge on any atom is -0.351 e. The van der Waals surface area contributed by atoms with Crippen LogP contribution in [0.15, 0.2) is 0 Å². The number of likely N-dealkylation sites (N-methyl/N-ethyl adjacent to an activating group) is 1. The molecule has 116 valence electrons. The predicted octanol–water partition coefficient (Wildman–Crippen LogP) is -0.351. The third-order valence-electron chi connectivity index (χ3n) is 2.96. The average Bonchev–Trinajstić information content (AvgIpc) is 2.68. The highest BCUT2D eigenvalue weighted by Crippen LogP contribution is 2.25. The van der Waals surface area contributed by atoms with Crippen molar-refractivity contribution >= 4 is 38.3 Å². The van der Waals surface area contributed by atoms with Crippen LogP contribution >= 0.6 is 11.3 Å². The maximum atomic E-state index is 11.8. The van der Waals surface area contributed by atoms with E-state index in [0.717, 1.165) is 28.3 Å². The Balaban J connectivity index is 2.06. The lowest BCUT2D eigenvalue weighted by atomic mass is 10.2. The molecule has 1 aliphatic rings. The second kappa shape index (κ2) is 6.08. The van der Waals surface area contributed by atoms with E-state index in [-0.39, 0.29) is 12.5 Å². The number of hydrogen-bond donors (Lipinski definition) is 2. The molecular formula is C11H16N4O4S2. The zero-order chi connectivity index (χ0) is 15.6. The first-order valence-electron chi connectivity index (χ1n) is 6.26. The summed E-state index contributed by atoms with van der Waals surface area (Å²) in [6.45, 7) is 0.317. The van der Waals surface area contributed by atoms with Gasteiger partial charge in [0.25, 0.3) is 5.91 Å². The Morgan fingerprint density at radius 3 is 2.90 bits per heavy atom. The van der Waals surface area contributed by atoms with Crippen LogP contribution in [0.5, 0.6) is 0 Å². The Bertz CT molecular complexity index is 668. The molecule has 0 saturated heterocycles. The van der Waals surface area contributed by atoms with Crippen LogP contribution in [0.25, 0.3) is 0 Å². The molecule has 21 heavy (non-hydrogen) atoms. The molecule has 0 unspecified atom stereocenters. The molecule has 0 saturated carbocycles. The van der Waals surface area contributed by atoms with Crippen molar-refractivity contribution in [3.8, 4) is 0 Å². The standard InChI is InChI=1S/C11H16N4O4S2/c1-15(21(2,18)19)6-8(16)14-11-13-7-4-3-5-12-10(17)9(7)20-11/h3-6H2,1-2H3,(H,12,17)(H,13,14,16). The number of amides is 2. The Morgan fingerprint density at radius 1 is 1.52 bits per heavy atom. The number of nitrogens with zero attached hydrogens (tertiary/aromatic N) is 2. The molecule has 2 heterocycles. The van der Waals surface area contributed by atoms with E-state index in [1.165, 1.54) is 7.05 Å². The molecule has 0 bridgehead atoms. The summed E-state index contributed by atoms with van der Waals surface area (Å²) in [4.78, 5) is 28.3. The van der Waals surface area contributed by atoms with Gasteiger partial charge in [-0.15, -0.1) is 0 Å². The number of anilines is 1. The van der Waals surface area contributed by atoms with E-state index in [1.54, 1.807) is 0 Å². The molecule has 0 aromatic carbocycles. The van der Waals surface area contributed by atoms with Gasteiger partial charge in [-0.25, -0.2) is 13.4 Å². The van der Waals surface area contributed by atoms with Crippen LogP contribution < -0.4 is 10.6 Å². The molecule has 0 aliphatic carbocycles. The van der Waals surface area contributed by atoms with Crippen molar-refractivity contribution < 1.29 is 18.0 Å². The van der Waals surface area contributed by atoms with Gasteiger partial charge in [-0.2, -0.15) is 4.31 Å². The van der Waals surface area contributed by atoms with Gasteiger partial charge in [-0.3, -0.25) is 9.59 Å². The fraction of sp³-hybridized carbons (Fsp3) is 0.545. The molecule has 0 radical (unpaired) electrons. The largest absolute Gasteiger partial charge is 0.351 e. The summed E-state index contributed by atoms with van der Waals surface area (Å²) in [5, 5.41) is 5.59. The van der Waals surface area contributed by atoms with Crippen LogP contribution in [0.2, 0.25) is 0 Å². The third kappa shape index (κ3) is 3.99. The summed E-state index contributed by atoms with van der Waals surface area (Å²) in [6.07, 6.45) is 2.49. The number of fused-ring (bicyclic) bond motifs is 1. The van der Waals surface area contributed by atoms with Crippen LogP contribution in [0.1, 0.15) is 21.8 Å². The van der Waals surface area contributed by atoms with Gasteiger partial charge in [0, 0.05) is 13.6 Å². The van der Waals surface area contributed by atoms with Crippen molar-refractivity contribution in [2.45, 2.75) is 12.8 Å². The summed E-state index contributed by atoms with van der Waals surface area (Å²) in [6, 6.07) is 0. The molecule has 0 atom stereocenters. The van der Waals surface area contributed by atoms with Gasteiger partial charge < -0.3 is 10.6 Å². The molecule has 1 aromatic rings. The Hall–Kier alpha value is -1.52. The van der Waals surface area contributed by atoms with Crippen LogP contribution in [0.3, 0.4) is 0 Å². The Morgan fingerprint density at radius 2 is 2.24 bits per heavy atom. The number of carbonyl (C=O) groups is 2. The first-order valence-corrected chi connectivity index (χ1v) is 8.93. The van der Waals surface area contributed by atoms with Gasteiger partial charge in [0.15, 0.2) is 5.13 Å². The van der Waals surface area contributed by atoms with Crippen molar-refractivity contribution in [3.05, 3.63) is 10.6 Å². The summed E-state index contributed by atoms with van der Waals surface area (Å²) in [5.74, 6) is -0.680. The van der Waals surface area contributed by atoms with Gasteiger partial charge in [0.05, 0.1) is 18.5 Å². The SMILES string of the molecule is CN(CC(=O)Nc1nc2c(s1)C(=O)NCCC2)S(C)(=O)=O. The Kier molecular flexibility index (Phi) is 4.59. The van der Waals surface area contributed by atoms with Crippen molar-refractivity contribution in [1.29, 1.82) is 0 Å². The molecule has 10 heteroatoms. The van der Waals surface area contributed by atoms with Crippen molar-refractivity contribution in [3.63, 3.8) is 0 Å². The predicted molar refractivity (Wildman–Crippen MR) is 78.9 cm³/mol. The fourth-order valence-electron chi connectivity index (χ4n) is 1.77. The van der Waals surface area contributed by atoms with Crippen LogP contribution in [0, 0.1) is 0 Å². The number of rotatable bonds is 4. The number of aromatic nitrogens is 1. The molecule has 0 fully saturated rings. The van der Waals surface area contributed by atoms with Crippen LogP contribution in [0.4, 0.5) is 5.13 Å². The normalized spacial score (nSPS) is 15.3. The summed E-state index contributed by atoms with van der Waals surface area (Å²) < 4.78 is 23.4. The van der Waals surface area contributed by atoms with Crippen LogP contribution in [-0.2, 0) is 21.2 Å². The molecule has 0 spiro atoms. The first kappa shape index (κ1) is 15.9. The molecule has 8 nitrogen and oxygen atoms in total. The fourth-order valence-corrected chi connectivity index (χ4v) is 3.06. The lowest BCUT2D eigenvalue weighted by molar-refractivity contribution is -0.116. The van der Waals surface area contributed by atoms with E-state index < -0.39 is 15.9 Å². The second-order valence-electron chi connectivity index (χ2n) is 4.72. The van der Waals surface area contributed by atoms with Crippen LogP contribution in [-0.4, -0.2) is 55.9 Å². The van der Waals surface area contributed by atoms with Crippen molar-refractivity contribution in [1.82, 2.24) is 14.6 Å². The van der Waals surface area contributed by atoms with Crippen molar-refractivity contribution in [2.75, 3.05) is 31.7 Å². The highest BCUT2D eigenvalue weighted by atomic mass is 32.2. The van der Waals surface area contributed by atoms with E-state index in [1.807, 2.05) is 0 Å². The first-order chi connectivity index (χ1) is 9.77. The van der Waals surface area contributed by atoms with E-state index in [2.05, 4.69) is 15.6 Å². The monoisotopic (exact) mass is 332 g/mol. The molecule has 2 rings (SSSR count). The number of thiazole rings is 1. The van der Waals surface area contributed by atoms with E-state index in [9.17, 15) is 18.0 Å². The highest BCUT2D eigenvalue weighted by molar-refractivity contribution is 7.88.